The van der Waals surface area contributed by atoms with Crippen molar-refractivity contribution in [2.24, 2.45) is 11.5 Å². The molecule has 0 aliphatic heterocycles. The summed E-state index contributed by atoms with van der Waals surface area (Å²) in [6.07, 6.45) is 3.38. The van der Waals surface area contributed by atoms with Gasteiger partial charge in [-0.25, -0.2) is 13.3 Å². The molecule has 0 aliphatic carbocycles. The zero-order valence-electron chi connectivity index (χ0n) is 15.5. The van der Waals surface area contributed by atoms with E-state index in [9.17, 15) is 18.4 Å². The van der Waals surface area contributed by atoms with Crippen molar-refractivity contribution in [3.05, 3.63) is 95.8 Å². The molecule has 2 heterocycles. The van der Waals surface area contributed by atoms with Gasteiger partial charge in [0.05, 0.1) is 6.20 Å². The third-order valence-corrected chi connectivity index (χ3v) is 3.96. The minimum Gasteiger partial charge on any atom is -0.452 e. The third kappa shape index (κ3) is 4.76. The third-order valence-electron chi connectivity index (χ3n) is 3.96. The van der Waals surface area contributed by atoms with Crippen molar-refractivity contribution in [1.29, 1.82) is 0 Å². The van der Waals surface area contributed by atoms with E-state index in [2.05, 4.69) is 5.10 Å². The first-order valence-electron chi connectivity index (χ1n) is 8.60. The van der Waals surface area contributed by atoms with Gasteiger partial charge in [0.1, 0.15) is 11.3 Å². The van der Waals surface area contributed by atoms with Crippen molar-refractivity contribution in [2.75, 3.05) is 0 Å². The quantitative estimate of drug-likeness (QED) is 0.537. The Morgan fingerprint density at radius 1 is 0.867 bits per heavy atom. The first-order chi connectivity index (χ1) is 14.3. The molecular weight excluding hydrogens is 394 g/mol. The lowest BCUT2D eigenvalue weighted by Crippen LogP contribution is -2.11. The molecule has 9 heteroatoms. The van der Waals surface area contributed by atoms with Gasteiger partial charge >= 0.3 is 0 Å². The molecule has 0 saturated carbocycles. The highest BCUT2D eigenvalue weighted by molar-refractivity contribution is 5.93. The summed E-state index contributed by atoms with van der Waals surface area (Å²) in [7, 11) is 0. The Morgan fingerprint density at radius 3 is 2.17 bits per heavy atom. The first kappa shape index (κ1) is 20.5. The summed E-state index contributed by atoms with van der Waals surface area (Å²) in [6.45, 7) is 0. The molecule has 0 unspecified atom stereocenters. The molecule has 4 aromatic rings. The largest absolute Gasteiger partial charge is 0.452 e. The summed E-state index contributed by atoms with van der Waals surface area (Å²) in [6, 6.07) is 14.1. The number of hydrogen-bond acceptors (Lipinski definition) is 4. The average Bonchev–Trinajstić information content (AvgIpc) is 3.20. The summed E-state index contributed by atoms with van der Waals surface area (Å²) in [4.78, 5) is 21.4. The molecule has 7 nitrogen and oxygen atoms in total. The fourth-order valence-electron chi connectivity index (χ4n) is 2.48. The molecule has 0 aliphatic rings. The van der Waals surface area contributed by atoms with E-state index < -0.39 is 17.6 Å². The molecule has 2 aromatic carbocycles. The molecule has 4 rings (SSSR count). The van der Waals surface area contributed by atoms with Gasteiger partial charge in [-0.15, -0.1) is 0 Å². The molecule has 0 radical (unpaired) electrons. The molecule has 30 heavy (non-hydrogen) atoms. The second-order valence-corrected chi connectivity index (χ2v) is 6.02. The van der Waals surface area contributed by atoms with Crippen molar-refractivity contribution in [1.82, 2.24) is 9.61 Å². The van der Waals surface area contributed by atoms with Gasteiger partial charge in [-0.2, -0.15) is 5.10 Å². The molecule has 0 fully saturated rings. The van der Waals surface area contributed by atoms with Crippen molar-refractivity contribution in [3.8, 4) is 11.5 Å². The van der Waals surface area contributed by atoms with E-state index in [-0.39, 0.29) is 17.1 Å². The van der Waals surface area contributed by atoms with Gasteiger partial charge in [-0.3, -0.25) is 9.59 Å². The van der Waals surface area contributed by atoms with E-state index in [1.807, 2.05) is 0 Å². The average molecular weight is 410 g/mol. The highest BCUT2D eigenvalue weighted by atomic mass is 19.1. The standard InChI is InChI=1S/C14H10FN3O2.C7H6FNO/c15-10-8-9(14(16)19)3-4-12(10)20-13-2-1-7-18-11(13)5-6-17-18;8-6-3-1-5(2-4-6)7(9)10/h1-8H,(H2,16,19);1-4H,(H2,9,10). The molecule has 0 bridgehead atoms. The van der Waals surface area contributed by atoms with E-state index in [1.54, 1.807) is 35.1 Å². The van der Waals surface area contributed by atoms with Crippen LogP contribution < -0.4 is 16.2 Å². The monoisotopic (exact) mass is 410 g/mol. The highest BCUT2D eigenvalue weighted by Gasteiger charge is 2.11. The normalized spacial score (nSPS) is 10.2. The number of primary amides is 2. The van der Waals surface area contributed by atoms with E-state index in [0.717, 1.165) is 6.07 Å². The van der Waals surface area contributed by atoms with Crippen molar-refractivity contribution >= 4 is 17.3 Å². The number of carbonyl (C=O) groups excluding carboxylic acids is 2. The molecule has 2 amide bonds. The van der Waals surface area contributed by atoms with Crippen LogP contribution in [0.5, 0.6) is 11.5 Å². The van der Waals surface area contributed by atoms with Crippen molar-refractivity contribution < 1.29 is 23.1 Å². The predicted molar refractivity (Wildman–Crippen MR) is 105 cm³/mol. The molecular formula is C21H16F2N4O3. The van der Waals surface area contributed by atoms with Crippen LogP contribution >= 0.6 is 0 Å². The summed E-state index contributed by atoms with van der Waals surface area (Å²) in [5.74, 6) is -1.76. The van der Waals surface area contributed by atoms with Gasteiger partial charge in [0.25, 0.3) is 0 Å². The second kappa shape index (κ2) is 8.82. The number of fused-ring (bicyclic) bond motifs is 1. The number of carbonyl (C=O) groups is 2. The number of pyridine rings is 1. The number of ether oxygens (including phenoxy) is 1. The summed E-state index contributed by atoms with van der Waals surface area (Å²) >= 11 is 0. The number of amides is 2. The van der Waals surface area contributed by atoms with Crippen LogP contribution in [0.15, 0.2) is 73.1 Å². The molecule has 0 atom stereocenters. The zero-order chi connectivity index (χ0) is 21.7. The van der Waals surface area contributed by atoms with Gasteiger partial charge in [0.15, 0.2) is 17.3 Å². The van der Waals surface area contributed by atoms with Gasteiger partial charge in [0.2, 0.25) is 11.8 Å². The second-order valence-electron chi connectivity index (χ2n) is 6.02. The van der Waals surface area contributed by atoms with Crippen LogP contribution in [-0.4, -0.2) is 21.4 Å². The Morgan fingerprint density at radius 2 is 1.53 bits per heavy atom. The van der Waals surface area contributed by atoms with E-state index in [1.165, 1.54) is 36.4 Å². The first-order valence-corrected chi connectivity index (χ1v) is 8.60. The van der Waals surface area contributed by atoms with Crippen LogP contribution in [0.1, 0.15) is 20.7 Å². The maximum Gasteiger partial charge on any atom is 0.248 e. The maximum atomic E-state index is 13.9. The van der Waals surface area contributed by atoms with Crippen LogP contribution in [0.4, 0.5) is 8.78 Å². The zero-order valence-corrected chi connectivity index (χ0v) is 15.5. The highest BCUT2D eigenvalue weighted by Crippen LogP contribution is 2.28. The Bertz CT molecular complexity index is 1210. The SMILES string of the molecule is NC(=O)c1ccc(F)cc1.NC(=O)c1ccc(Oc2cccn3nccc23)c(F)c1. The Hall–Kier alpha value is -4.27. The summed E-state index contributed by atoms with van der Waals surface area (Å²) < 4.78 is 33.2. The molecule has 2 aromatic heterocycles. The summed E-state index contributed by atoms with van der Waals surface area (Å²) in [5.41, 5.74) is 11.1. The Labute approximate surface area is 169 Å². The fourth-order valence-corrected chi connectivity index (χ4v) is 2.48. The summed E-state index contributed by atoms with van der Waals surface area (Å²) in [5, 5.41) is 4.06. The number of hydrogen-bond donors (Lipinski definition) is 2. The maximum absolute atomic E-state index is 13.9. The number of nitrogens with zero attached hydrogens (tertiary/aromatic N) is 2. The Kier molecular flexibility index (Phi) is 6.02. The van der Waals surface area contributed by atoms with Gasteiger partial charge < -0.3 is 16.2 Å². The van der Waals surface area contributed by atoms with Crippen molar-refractivity contribution in [3.63, 3.8) is 0 Å². The van der Waals surface area contributed by atoms with Crippen LogP contribution in [0.2, 0.25) is 0 Å². The molecule has 0 spiro atoms. The number of nitrogens with two attached hydrogens (primary N) is 2. The number of halogens is 2. The lowest BCUT2D eigenvalue weighted by atomic mass is 10.2. The minimum atomic E-state index is -0.687. The smallest absolute Gasteiger partial charge is 0.248 e. The lowest BCUT2D eigenvalue weighted by Gasteiger charge is -2.08. The van der Waals surface area contributed by atoms with Gasteiger partial charge in [-0.1, -0.05) is 0 Å². The number of benzene rings is 2. The lowest BCUT2D eigenvalue weighted by molar-refractivity contribution is 0.0991. The molecule has 0 saturated heterocycles. The Balaban J connectivity index is 0.000000216. The topological polar surface area (TPSA) is 113 Å². The van der Waals surface area contributed by atoms with Crippen LogP contribution in [0.25, 0.3) is 5.52 Å². The minimum absolute atomic E-state index is 0.0179. The van der Waals surface area contributed by atoms with Gasteiger partial charge in [0, 0.05) is 17.3 Å². The van der Waals surface area contributed by atoms with Crippen LogP contribution in [-0.2, 0) is 0 Å². The fraction of sp³-hybridized carbons (Fsp3) is 0. The van der Waals surface area contributed by atoms with Gasteiger partial charge in [-0.05, 0) is 60.7 Å². The van der Waals surface area contributed by atoms with Crippen LogP contribution in [0, 0.1) is 11.6 Å². The number of aromatic nitrogens is 2. The predicted octanol–water partition coefficient (Wildman–Crippen LogP) is 3.29. The van der Waals surface area contributed by atoms with E-state index in [0.29, 0.717) is 16.8 Å². The number of rotatable bonds is 4. The molecule has 4 N–H and O–H groups in total. The van der Waals surface area contributed by atoms with E-state index in [4.69, 9.17) is 16.2 Å². The van der Waals surface area contributed by atoms with Crippen molar-refractivity contribution in [2.45, 2.75) is 0 Å². The van der Waals surface area contributed by atoms with E-state index >= 15 is 0 Å². The van der Waals surface area contributed by atoms with Crippen LogP contribution in [0.3, 0.4) is 0 Å². The molecule has 152 valence electrons.